The lowest BCUT2D eigenvalue weighted by Gasteiger charge is -2.38. The van der Waals surface area contributed by atoms with Gasteiger partial charge in [0.1, 0.15) is 0 Å². The summed E-state index contributed by atoms with van der Waals surface area (Å²) < 4.78 is 36.8. The predicted molar refractivity (Wildman–Crippen MR) is 64.2 cm³/mol. The highest BCUT2D eigenvalue weighted by molar-refractivity contribution is 5.94. The van der Waals surface area contributed by atoms with Gasteiger partial charge in [0.05, 0.1) is 25.9 Å². The maximum absolute atomic E-state index is 13.7. The minimum Gasteiger partial charge on any atom is -0.494 e. The van der Waals surface area contributed by atoms with E-state index in [9.17, 15) is 13.6 Å². The topological polar surface area (TPSA) is 47.6 Å². The first-order valence-corrected chi connectivity index (χ1v) is 5.85. The zero-order valence-corrected chi connectivity index (χ0v) is 10.8. The summed E-state index contributed by atoms with van der Waals surface area (Å²) in [6, 6.07) is 2.42. The van der Waals surface area contributed by atoms with E-state index in [0.717, 1.165) is 0 Å². The number of hydrogen-bond donors (Lipinski definition) is 1. The number of nitrogens with one attached hydrogen (secondary N) is 1. The highest BCUT2D eigenvalue weighted by Crippen LogP contribution is 2.26. The second-order valence-corrected chi connectivity index (χ2v) is 4.93. The van der Waals surface area contributed by atoms with Crippen LogP contribution >= 0.6 is 0 Å². The molecule has 0 radical (unpaired) electrons. The standard InChI is InChI=1S/C13H15F2NO3/c1-13(6-19-7-13)5-16-12(17)8-3-4-9(18-2)11(15)10(8)14/h3-4H,5-7H2,1-2H3,(H,16,17). The normalized spacial score (nSPS) is 16.6. The van der Waals surface area contributed by atoms with Gasteiger partial charge in [-0.15, -0.1) is 0 Å². The number of carbonyl (C=O) groups excluding carboxylic acids is 1. The molecule has 2 rings (SSSR count). The van der Waals surface area contributed by atoms with Crippen LogP contribution in [0.1, 0.15) is 17.3 Å². The van der Waals surface area contributed by atoms with Crippen molar-refractivity contribution in [1.29, 1.82) is 0 Å². The molecule has 0 bridgehead atoms. The van der Waals surface area contributed by atoms with Gasteiger partial charge >= 0.3 is 0 Å². The maximum atomic E-state index is 13.7. The average Bonchev–Trinajstić information content (AvgIpc) is 2.37. The molecule has 6 heteroatoms. The summed E-state index contributed by atoms with van der Waals surface area (Å²) in [7, 11) is 1.23. The van der Waals surface area contributed by atoms with E-state index in [0.29, 0.717) is 19.8 Å². The Balaban J connectivity index is 2.09. The molecule has 1 aromatic carbocycles. The number of methoxy groups -OCH3 is 1. The van der Waals surface area contributed by atoms with E-state index in [2.05, 4.69) is 10.1 Å². The molecule has 0 aromatic heterocycles. The number of ether oxygens (including phenoxy) is 2. The van der Waals surface area contributed by atoms with Gasteiger partial charge < -0.3 is 14.8 Å². The molecule has 1 N–H and O–H groups in total. The highest BCUT2D eigenvalue weighted by atomic mass is 19.2. The van der Waals surface area contributed by atoms with Crippen LogP contribution in [0.4, 0.5) is 8.78 Å². The van der Waals surface area contributed by atoms with Crippen molar-refractivity contribution in [1.82, 2.24) is 5.32 Å². The Morgan fingerprint density at radius 3 is 2.63 bits per heavy atom. The summed E-state index contributed by atoms with van der Waals surface area (Å²) in [5, 5.41) is 2.58. The van der Waals surface area contributed by atoms with Crippen LogP contribution < -0.4 is 10.1 Å². The third kappa shape index (κ3) is 2.68. The monoisotopic (exact) mass is 271 g/mol. The number of halogens is 2. The zero-order chi connectivity index (χ0) is 14.0. The molecule has 1 amide bonds. The van der Waals surface area contributed by atoms with E-state index in [1.54, 1.807) is 0 Å². The van der Waals surface area contributed by atoms with Crippen LogP contribution in [0.3, 0.4) is 0 Å². The highest BCUT2D eigenvalue weighted by Gasteiger charge is 2.34. The molecule has 0 unspecified atom stereocenters. The fourth-order valence-corrected chi connectivity index (χ4v) is 1.81. The third-order valence-corrected chi connectivity index (χ3v) is 3.09. The first kappa shape index (κ1) is 13.7. The second-order valence-electron chi connectivity index (χ2n) is 4.93. The van der Waals surface area contributed by atoms with Crippen LogP contribution in [-0.4, -0.2) is 32.8 Å². The van der Waals surface area contributed by atoms with Crippen LogP contribution in [0, 0.1) is 17.0 Å². The van der Waals surface area contributed by atoms with E-state index >= 15 is 0 Å². The fourth-order valence-electron chi connectivity index (χ4n) is 1.81. The minimum absolute atomic E-state index is 0.128. The predicted octanol–water partition coefficient (Wildman–Crippen LogP) is 1.74. The molecule has 1 aromatic rings. The van der Waals surface area contributed by atoms with Crippen molar-refractivity contribution in [2.24, 2.45) is 5.41 Å². The molecule has 1 heterocycles. The molecule has 1 saturated heterocycles. The van der Waals surface area contributed by atoms with Gasteiger partial charge in [0.15, 0.2) is 11.6 Å². The smallest absolute Gasteiger partial charge is 0.254 e. The number of rotatable bonds is 4. The summed E-state index contributed by atoms with van der Waals surface area (Å²) in [6.45, 7) is 3.40. The van der Waals surface area contributed by atoms with E-state index in [4.69, 9.17) is 4.74 Å². The van der Waals surface area contributed by atoms with Gasteiger partial charge in [-0.25, -0.2) is 4.39 Å². The zero-order valence-electron chi connectivity index (χ0n) is 10.8. The molecule has 0 aliphatic carbocycles. The van der Waals surface area contributed by atoms with Crippen LogP contribution in [0.2, 0.25) is 0 Å². The van der Waals surface area contributed by atoms with Gasteiger partial charge in [0.2, 0.25) is 5.82 Å². The van der Waals surface area contributed by atoms with Crippen LogP contribution in [-0.2, 0) is 4.74 Å². The van der Waals surface area contributed by atoms with Gasteiger partial charge in [-0.05, 0) is 12.1 Å². The molecule has 19 heavy (non-hydrogen) atoms. The number of benzene rings is 1. The Morgan fingerprint density at radius 1 is 1.42 bits per heavy atom. The van der Waals surface area contributed by atoms with Crippen molar-refractivity contribution in [2.75, 3.05) is 26.9 Å². The van der Waals surface area contributed by atoms with Crippen molar-refractivity contribution in [3.8, 4) is 5.75 Å². The molecule has 0 spiro atoms. The Kier molecular flexibility index (Phi) is 3.71. The van der Waals surface area contributed by atoms with Crippen molar-refractivity contribution in [3.63, 3.8) is 0 Å². The Bertz CT molecular complexity index is 501. The van der Waals surface area contributed by atoms with E-state index in [-0.39, 0.29) is 16.7 Å². The lowest BCUT2D eigenvalue weighted by Crippen LogP contribution is -2.48. The molecule has 0 saturated carbocycles. The largest absolute Gasteiger partial charge is 0.494 e. The van der Waals surface area contributed by atoms with Crippen LogP contribution in [0.15, 0.2) is 12.1 Å². The van der Waals surface area contributed by atoms with Gasteiger partial charge in [-0.3, -0.25) is 4.79 Å². The van der Waals surface area contributed by atoms with Crippen molar-refractivity contribution < 1.29 is 23.0 Å². The maximum Gasteiger partial charge on any atom is 0.254 e. The summed E-state index contributed by atoms with van der Waals surface area (Å²) in [6.07, 6.45) is 0. The summed E-state index contributed by atoms with van der Waals surface area (Å²) in [5.41, 5.74) is -0.459. The van der Waals surface area contributed by atoms with Crippen molar-refractivity contribution in [2.45, 2.75) is 6.92 Å². The summed E-state index contributed by atoms with van der Waals surface area (Å²) in [5.74, 6) is -3.24. The lowest BCUT2D eigenvalue weighted by molar-refractivity contribution is -0.0978. The Labute approximate surface area is 109 Å². The Hall–Kier alpha value is -1.69. The number of hydrogen-bond acceptors (Lipinski definition) is 3. The van der Waals surface area contributed by atoms with E-state index in [1.807, 2.05) is 6.92 Å². The molecule has 0 atom stereocenters. The first-order chi connectivity index (χ1) is 8.97. The average molecular weight is 271 g/mol. The molecule has 1 aliphatic heterocycles. The second kappa shape index (κ2) is 5.13. The number of amides is 1. The first-order valence-electron chi connectivity index (χ1n) is 5.85. The van der Waals surface area contributed by atoms with Crippen molar-refractivity contribution in [3.05, 3.63) is 29.3 Å². The quantitative estimate of drug-likeness (QED) is 0.907. The van der Waals surface area contributed by atoms with Gasteiger partial charge in [-0.2, -0.15) is 4.39 Å². The van der Waals surface area contributed by atoms with E-state index in [1.165, 1.54) is 19.2 Å². The van der Waals surface area contributed by atoms with Gasteiger partial charge in [0, 0.05) is 12.0 Å². The number of carbonyl (C=O) groups is 1. The molecule has 104 valence electrons. The molecule has 1 aliphatic rings. The van der Waals surface area contributed by atoms with E-state index < -0.39 is 17.5 Å². The molecular formula is C13H15F2NO3. The van der Waals surface area contributed by atoms with Crippen LogP contribution in [0.25, 0.3) is 0 Å². The summed E-state index contributed by atoms with van der Waals surface area (Å²) >= 11 is 0. The van der Waals surface area contributed by atoms with Gasteiger partial charge in [0.25, 0.3) is 5.91 Å². The molecule has 1 fully saturated rings. The Morgan fingerprint density at radius 2 is 2.11 bits per heavy atom. The van der Waals surface area contributed by atoms with Gasteiger partial charge in [-0.1, -0.05) is 6.92 Å². The van der Waals surface area contributed by atoms with Crippen molar-refractivity contribution >= 4 is 5.91 Å². The fraction of sp³-hybridized carbons (Fsp3) is 0.462. The SMILES string of the molecule is COc1ccc(C(=O)NCC2(C)COC2)c(F)c1F. The third-order valence-electron chi connectivity index (χ3n) is 3.09. The lowest BCUT2D eigenvalue weighted by atomic mass is 9.88. The molecular weight excluding hydrogens is 256 g/mol. The van der Waals surface area contributed by atoms with Crippen LogP contribution in [0.5, 0.6) is 5.75 Å². The summed E-state index contributed by atoms with van der Waals surface area (Å²) in [4.78, 5) is 11.8. The molecule has 4 nitrogen and oxygen atoms in total. The minimum atomic E-state index is -1.20.